The number of nitrogens with one attached hydrogen (secondary N) is 1. The van der Waals surface area contributed by atoms with Crippen LogP contribution in [0.25, 0.3) is 0 Å². The number of amides is 1. The summed E-state index contributed by atoms with van der Waals surface area (Å²) in [6, 6.07) is 5.13. The van der Waals surface area contributed by atoms with E-state index < -0.39 is 0 Å². The fraction of sp³-hybridized carbons (Fsp3) is 0.500. The number of rotatable bonds is 10. The van der Waals surface area contributed by atoms with Crippen LogP contribution in [0.5, 0.6) is 17.2 Å². The van der Waals surface area contributed by atoms with Gasteiger partial charge >= 0.3 is 0 Å². The third-order valence-corrected chi connectivity index (χ3v) is 3.67. The molecule has 0 aliphatic carbocycles. The van der Waals surface area contributed by atoms with E-state index in [-0.39, 0.29) is 5.91 Å². The average molecular weight is 375 g/mol. The highest BCUT2D eigenvalue weighted by Gasteiger charge is 2.19. The number of hydrogen-bond donors (Lipinski definition) is 1. The van der Waals surface area contributed by atoms with Gasteiger partial charge in [0.05, 0.1) is 26.0 Å². The summed E-state index contributed by atoms with van der Waals surface area (Å²) in [5, 5.41) is 7.18. The van der Waals surface area contributed by atoms with Crippen LogP contribution in [-0.4, -0.2) is 35.5 Å². The van der Waals surface area contributed by atoms with Crippen molar-refractivity contribution >= 4 is 11.7 Å². The standard InChI is InChI=1S/C20H29N3O4/c1-6-25-16-11-15(12-17(26-7-2)19(16)27-8-3)20(24)22-18-9-10-21-23(18)13-14(4)5/h9-12,14H,6-8,13H2,1-5H3,(H,22,24). The Balaban J connectivity index is 2.33. The smallest absolute Gasteiger partial charge is 0.257 e. The maximum absolute atomic E-state index is 12.8. The van der Waals surface area contributed by atoms with Gasteiger partial charge in [0.25, 0.3) is 5.91 Å². The van der Waals surface area contributed by atoms with Gasteiger partial charge in [0, 0.05) is 18.2 Å². The molecule has 1 N–H and O–H groups in total. The monoisotopic (exact) mass is 375 g/mol. The number of ether oxygens (including phenoxy) is 3. The molecule has 0 spiro atoms. The van der Waals surface area contributed by atoms with E-state index in [1.54, 1.807) is 29.1 Å². The molecule has 1 aromatic carbocycles. The van der Waals surface area contributed by atoms with Gasteiger partial charge in [-0.05, 0) is 38.8 Å². The Bertz CT molecular complexity index is 728. The Hall–Kier alpha value is -2.70. The zero-order valence-electron chi connectivity index (χ0n) is 16.7. The van der Waals surface area contributed by atoms with E-state index >= 15 is 0 Å². The number of aromatic nitrogens is 2. The van der Waals surface area contributed by atoms with Crippen molar-refractivity contribution in [1.29, 1.82) is 0 Å². The van der Waals surface area contributed by atoms with Gasteiger partial charge in [0.1, 0.15) is 5.82 Å². The van der Waals surface area contributed by atoms with Gasteiger partial charge in [0.2, 0.25) is 5.75 Å². The van der Waals surface area contributed by atoms with Crippen LogP contribution in [0.15, 0.2) is 24.4 Å². The zero-order valence-corrected chi connectivity index (χ0v) is 16.7. The van der Waals surface area contributed by atoms with Gasteiger partial charge in [0.15, 0.2) is 11.5 Å². The first-order chi connectivity index (χ1) is 13.0. The molecule has 148 valence electrons. The number of nitrogens with zero attached hydrogens (tertiary/aromatic N) is 2. The molecule has 1 heterocycles. The lowest BCUT2D eigenvalue weighted by Gasteiger charge is -2.17. The highest BCUT2D eigenvalue weighted by molar-refractivity contribution is 6.04. The molecule has 1 aromatic heterocycles. The predicted molar refractivity (Wildman–Crippen MR) is 105 cm³/mol. The molecule has 27 heavy (non-hydrogen) atoms. The van der Waals surface area contributed by atoms with E-state index in [9.17, 15) is 4.79 Å². The van der Waals surface area contributed by atoms with E-state index in [0.717, 1.165) is 6.54 Å². The zero-order chi connectivity index (χ0) is 19.8. The number of benzene rings is 1. The second-order valence-corrected chi connectivity index (χ2v) is 6.35. The summed E-state index contributed by atoms with van der Waals surface area (Å²) in [4.78, 5) is 12.8. The maximum atomic E-state index is 12.8. The fourth-order valence-electron chi connectivity index (χ4n) is 2.64. The van der Waals surface area contributed by atoms with Gasteiger partial charge in [-0.3, -0.25) is 4.79 Å². The molecule has 0 bridgehead atoms. The van der Waals surface area contributed by atoms with Crippen molar-refractivity contribution in [2.45, 2.75) is 41.2 Å². The second kappa shape index (κ2) is 9.85. The quantitative estimate of drug-likeness (QED) is 0.680. The van der Waals surface area contributed by atoms with E-state index in [1.165, 1.54) is 0 Å². The number of carbonyl (C=O) groups is 1. The van der Waals surface area contributed by atoms with Crippen molar-refractivity contribution in [3.63, 3.8) is 0 Å². The molecule has 0 aliphatic heterocycles. The van der Waals surface area contributed by atoms with Crippen molar-refractivity contribution < 1.29 is 19.0 Å². The normalized spacial score (nSPS) is 10.7. The van der Waals surface area contributed by atoms with Crippen molar-refractivity contribution in [3.05, 3.63) is 30.0 Å². The van der Waals surface area contributed by atoms with Gasteiger partial charge < -0.3 is 19.5 Å². The van der Waals surface area contributed by atoms with Crippen molar-refractivity contribution in [2.24, 2.45) is 5.92 Å². The summed E-state index contributed by atoms with van der Waals surface area (Å²) in [6.07, 6.45) is 1.67. The molecule has 0 unspecified atom stereocenters. The Morgan fingerprint density at radius 3 is 2.19 bits per heavy atom. The van der Waals surface area contributed by atoms with Gasteiger partial charge in [-0.25, -0.2) is 4.68 Å². The summed E-state index contributed by atoms with van der Waals surface area (Å²) in [6.45, 7) is 12.0. The first kappa shape index (κ1) is 20.6. The van der Waals surface area contributed by atoms with Gasteiger partial charge in [-0.2, -0.15) is 5.10 Å². The molecule has 0 atom stereocenters. The van der Waals surface area contributed by atoms with Crippen LogP contribution in [0.4, 0.5) is 5.82 Å². The topological polar surface area (TPSA) is 74.6 Å². The molecule has 2 aromatic rings. The minimum absolute atomic E-state index is 0.259. The predicted octanol–water partition coefficient (Wildman–Crippen LogP) is 3.99. The van der Waals surface area contributed by atoms with Crippen molar-refractivity contribution in [2.75, 3.05) is 25.1 Å². The Labute approximate surface area is 160 Å². The summed E-state index contributed by atoms with van der Waals surface area (Å²) >= 11 is 0. The molecule has 7 heteroatoms. The van der Waals surface area contributed by atoms with Crippen LogP contribution < -0.4 is 19.5 Å². The highest BCUT2D eigenvalue weighted by atomic mass is 16.5. The third-order valence-electron chi connectivity index (χ3n) is 3.67. The van der Waals surface area contributed by atoms with E-state index in [1.807, 2.05) is 20.8 Å². The molecule has 0 aliphatic rings. The first-order valence-electron chi connectivity index (χ1n) is 9.39. The Morgan fingerprint density at radius 2 is 1.67 bits per heavy atom. The lowest BCUT2D eigenvalue weighted by Crippen LogP contribution is -2.17. The number of carbonyl (C=O) groups excluding carboxylic acids is 1. The van der Waals surface area contributed by atoms with Crippen LogP contribution in [0.1, 0.15) is 45.0 Å². The molecular formula is C20H29N3O4. The lowest BCUT2D eigenvalue weighted by molar-refractivity contribution is 0.102. The number of anilines is 1. The molecule has 0 saturated carbocycles. The van der Waals surface area contributed by atoms with Crippen LogP contribution in [-0.2, 0) is 6.54 Å². The largest absolute Gasteiger partial charge is 0.490 e. The molecule has 1 amide bonds. The fourth-order valence-corrected chi connectivity index (χ4v) is 2.64. The molecular weight excluding hydrogens is 346 g/mol. The minimum Gasteiger partial charge on any atom is -0.490 e. The van der Waals surface area contributed by atoms with E-state index in [0.29, 0.717) is 54.4 Å². The summed E-state index contributed by atoms with van der Waals surface area (Å²) in [5.41, 5.74) is 0.433. The van der Waals surface area contributed by atoms with Crippen LogP contribution in [0.2, 0.25) is 0 Å². The van der Waals surface area contributed by atoms with Crippen LogP contribution >= 0.6 is 0 Å². The van der Waals surface area contributed by atoms with E-state index in [4.69, 9.17) is 14.2 Å². The summed E-state index contributed by atoms with van der Waals surface area (Å²) < 4.78 is 18.8. The summed E-state index contributed by atoms with van der Waals surface area (Å²) in [5.74, 6) is 2.31. The maximum Gasteiger partial charge on any atom is 0.257 e. The SMILES string of the molecule is CCOc1cc(C(=O)Nc2ccnn2CC(C)C)cc(OCC)c1OCC. The molecule has 7 nitrogen and oxygen atoms in total. The third kappa shape index (κ3) is 5.39. The molecule has 2 rings (SSSR count). The van der Waals surface area contributed by atoms with Gasteiger partial charge in [-0.1, -0.05) is 13.8 Å². The first-order valence-corrected chi connectivity index (χ1v) is 9.39. The lowest BCUT2D eigenvalue weighted by atomic mass is 10.1. The van der Waals surface area contributed by atoms with Crippen molar-refractivity contribution in [1.82, 2.24) is 9.78 Å². The van der Waals surface area contributed by atoms with Gasteiger partial charge in [-0.15, -0.1) is 0 Å². The molecule has 0 saturated heterocycles. The number of hydrogen-bond acceptors (Lipinski definition) is 5. The minimum atomic E-state index is -0.259. The Kier molecular flexibility index (Phi) is 7.52. The van der Waals surface area contributed by atoms with Crippen LogP contribution in [0.3, 0.4) is 0 Å². The highest BCUT2D eigenvalue weighted by Crippen LogP contribution is 2.39. The average Bonchev–Trinajstić information content (AvgIpc) is 3.03. The molecule has 0 radical (unpaired) electrons. The van der Waals surface area contributed by atoms with Crippen molar-refractivity contribution in [3.8, 4) is 17.2 Å². The van der Waals surface area contributed by atoms with Crippen LogP contribution in [0, 0.1) is 5.92 Å². The Morgan fingerprint density at radius 1 is 1.07 bits per heavy atom. The second-order valence-electron chi connectivity index (χ2n) is 6.35. The van der Waals surface area contributed by atoms with E-state index in [2.05, 4.69) is 24.3 Å². The summed E-state index contributed by atoms with van der Waals surface area (Å²) in [7, 11) is 0. The molecule has 0 fully saturated rings.